The van der Waals surface area contributed by atoms with Crippen molar-refractivity contribution in [1.29, 1.82) is 0 Å². The molecule has 142 valence electrons. The van der Waals surface area contributed by atoms with Gasteiger partial charge in [0.05, 0.1) is 0 Å². The third-order valence-corrected chi connectivity index (χ3v) is 7.13. The molecule has 1 aromatic heterocycles. The third kappa shape index (κ3) is 5.06. The number of carbonyl (C=O) groups excluding carboxylic acids is 1. The lowest BCUT2D eigenvalue weighted by atomic mass is 10.1. The third-order valence-electron chi connectivity index (χ3n) is 4.95. The van der Waals surface area contributed by atoms with Crippen molar-refractivity contribution in [3.05, 3.63) is 71.4 Å². The lowest BCUT2D eigenvalue weighted by Gasteiger charge is -2.15. The van der Waals surface area contributed by atoms with Crippen molar-refractivity contribution < 1.29 is 14.4 Å². The van der Waals surface area contributed by atoms with E-state index >= 15 is 0 Å². The van der Waals surface area contributed by atoms with Gasteiger partial charge in [0.15, 0.2) is 0 Å². The molecule has 0 spiro atoms. The van der Waals surface area contributed by atoms with Crippen molar-refractivity contribution in [3.63, 3.8) is 0 Å². The molecule has 0 aliphatic heterocycles. The van der Waals surface area contributed by atoms with E-state index in [1.54, 1.807) is 19.1 Å². The molecule has 2 aromatic carbocycles. The van der Waals surface area contributed by atoms with E-state index in [-0.39, 0.29) is 5.91 Å². The van der Waals surface area contributed by atoms with E-state index in [2.05, 4.69) is 16.4 Å². The number of hydrogen-bond donors (Lipinski definition) is 4. The average molecular weight is 383 g/mol. The summed E-state index contributed by atoms with van der Waals surface area (Å²) in [5, 5.41) is 4.15. The molecule has 0 bridgehead atoms. The van der Waals surface area contributed by atoms with Crippen LogP contribution < -0.4 is 5.32 Å². The van der Waals surface area contributed by atoms with Crippen molar-refractivity contribution in [1.82, 2.24) is 10.3 Å². The van der Waals surface area contributed by atoms with Gasteiger partial charge in [-0.3, -0.25) is 4.79 Å². The molecule has 3 rings (SSSR count). The Morgan fingerprint density at radius 2 is 1.81 bits per heavy atom. The molecule has 3 aromatic rings. The largest absolute Gasteiger partial charge is 0.411 e. The molecule has 0 saturated heterocycles. The number of aromatic amines is 1. The highest BCUT2D eigenvalue weighted by molar-refractivity contribution is 6.64. The van der Waals surface area contributed by atoms with E-state index in [9.17, 15) is 14.4 Å². The number of aromatic nitrogens is 1. The quantitative estimate of drug-likeness (QED) is 0.452. The molecule has 1 heterocycles. The zero-order chi connectivity index (χ0) is 19.3. The van der Waals surface area contributed by atoms with Crippen LogP contribution >= 0.6 is 0 Å². The Balaban J connectivity index is 1.51. The first kappa shape index (κ1) is 19.4. The number of benzene rings is 2. The zero-order valence-electron chi connectivity index (χ0n) is 15.5. The number of hydrogen-bond acceptors (Lipinski definition) is 3. The highest BCUT2D eigenvalue weighted by Crippen LogP contribution is 2.18. The second-order valence-corrected chi connectivity index (χ2v) is 10.1. The first-order chi connectivity index (χ1) is 13.0. The van der Waals surface area contributed by atoms with Crippen molar-refractivity contribution >= 4 is 25.4 Å². The van der Waals surface area contributed by atoms with Crippen molar-refractivity contribution in [3.8, 4) is 0 Å². The van der Waals surface area contributed by atoms with Gasteiger partial charge in [-0.2, -0.15) is 0 Å². The van der Waals surface area contributed by atoms with Crippen molar-refractivity contribution in [2.45, 2.75) is 31.9 Å². The monoisotopic (exact) mass is 382 g/mol. The first-order valence-electron chi connectivity index (χ1n) is 9.35. The molecule has 0 atom stereocenters. The second kappa shape index (κ2) is 8.52. The number of rotatable bonds is 8. The minimum atomic E-state index is -3.04. The molecular formula is C21H26N2O3Si. The number of para-hydroxylation sites is 1. The Kier molecular flexibility index (Phi) is 6.10. The molecule has 4 N–H and O–H groups in total. The summed E-state index contributed by atoms with van der Waals surface area (Å²) in [4.78, 5) is 35.2. The maximum atomic E-state index is 12.3. The lowest BCUT2D eigenvalue weighted by Crippen LogP contribution is -2.33. The lowest BCUT2D eigenvalue weighted by molar-refractivity contribution is 0.0954. The van der Waals surface area contributed by atoms with Crippen LogP contribution in [0, 0.1) is 0 Å². The highest BCUT2D eigenvalue weighted by atomic mass is 28.4. The van der Waals surface area contributed by atoms with E-state index in [1.807, 2.05) is 36.5 Å². The topological polar surface area (TPSA) is 85.3 Å². The van der Waals surface area contributed by atoms with Gasteiger partial charge in [-0.1, -0.05) is 37.3 Å². The van der Waals surface area contributed by atoms with Crippen LogP contribution in [0.15, 0.2) is 54.7 Å². The van der Waals surface area contributed by atoms with Crippen LogP contribution in [0.25, 0.3) is 10.9 Å². The Hall–Kier alpha value is -2.41. The van der Waals surface area contributed by atoms with Gasteiger partial charge in [0.1, 0.15) is 0 Å². The first-order valence-corrected chi connectivity index (χ1v) is 11.7. The summed E-state index contributed by atoms with van der Waals surface area (Å²) in [7, 11) is -3.04. The maximum Gasteiger partial charge on any atom is 0.332 e. The molecule has 0 unspecified atom stereocenters. The molecule has 0 aliphatic rings. The van der Waals surface area contributed by atoms with Crippen LogP contribution in [0.1, 0.15) is 28.4 Å². The van der Waals surface area contributed by atoms with Gasteiger partial charge in [0.2, 0.25) is 0 Å². The summed E-state index contributed by atoms with van der Waals surface area (Å²) in [6.45, 7) is 2.37. The molecule has 0 aliphatic carbocycles. The van der Waals surface area contributed by atoms with E-state index < -0.39 is 8.56 Å². The summed E-state index contributed by atoms with van der Waals surface area (Å²) >= 11 is 0. The Morgan fingerprint density at radius 1 is 1.07 bits per heavy atom. The van der Waals surface area contributed by atoms with Gasteiger partial charge in [-0.15, -0.1) is 0 Å². The van der Waals surface area contributed by atoms with Gasteiger partial charge < -0.3 is 19.9 Å². The van der Waals surface area contributed by atoms with Gasteiger partial charge >= 0.3 is 8.56 Å². The molecule has 0 saturated carbocycles. The van der Waals surface area contributed by atoms with E-state index in [1.165, 1.54) is 10.9 Å². The Labute approximate surface area is 160 Å². The number of H-pyrrole nitrogens is 1. The smallest absolute Gasteiger partial charge is 0.332 e. The van der Waals surface area contributed by atoms with Crippen molar-refractivity contribution in [2.75, 3.05) is 6.54 Å². The number of amides is 1. The Bertz CT molecular complexity index is 903. The summed E-state index contributed by atoms with van der Waals surface area (Å²) in [6, 6.07) is 16.3. The van der Waals surface area contributed by atoms with E-state index in [4.69, 9.17) is 0 Å². The SMILES string of the molecule is CC[Si](O)(O)CCc1ccc(C(=O)NCCc2c[nH]c3ccccc23)cc1. The zero-order valence-corrected chi connectivity index (χ0v) is 16.5. The Morgan fingerprint density at radius 3 is 2.56 bits per heavy atom. The van der Waals surface area contributed by atoms with Crippen LogP contribution in [-0.2, 0) is 12.8 Å². The standard InChI is InChI=1S/C21H26N2O3Si/c1-2-27(25,26)14-12-16-7-9-17(10-8-16)21(24)22-13-11-18-15-23-20-6-4-3-5-19(18)20/h3-10,15,23,25-26H,2,11-14H2,1H3,(H,22,24). The highest BCUT2D eigenvalue weighted by Gasteiger charge is 2.25. The molecule has 27 heavy (non-hydrogen) atoms. The average Bonchev–Trinajstić information content (AvgIpc) is 3.10. The fourth-order valence-electron chi connectivity index (χ4n) is 3.10. The van der Waals surface area contributed by atoms with Gasteiger partial charge in [-0.25, -0.2) is 0 Å². The van der Waals surface area contributed by atoms with Gasteiger partial charge in [0, 0.05) is 29.2 Å². The van der Waals surface area contributed by atoms with Gasteiger partial charge in [-0.05, 0) is 54.3 Å². The second-order valence-electron chi connectivity index (χ2n) is 6.90. The number of carbonyl (C=O) groups is 1. The minimum Gasteiger partial charge on any atom is -0.411 e. The van der Waals surface area contributed by atoms with Crippen LogP contribution in [0.4, 0.5) is 0 Å². The van der Waals surface area contributed by atoms with Crippen LogP contribution in [0.3, 0.4) is 0 Å². The number of nitrogens with one attached hydrogen (secondary N) is 2. The molecule has 0 fully saturated rings. The fourth-order valence-corrected chi connectivity index (χ4v) is 4.14. The summed E-state index contributed by atoms with van der Waals surface area (Å²) in [5.41, 5.74) is 3.93. The normalized spacial score (nSPS) is 11.7. The molecule has 1 amide bonds. The fraction of sp³-hybridized carbons (Fsp3) is 0.286. The number of fused-ring (bicyclic) bond motifs is 1. The molecular weight excluding hydrogens is 356 g/mol. The number of aryl methyl sites for hydroxylation is 1. The minimum absolute atomic E-state index is 0.0945. The van der Waals surface area contributed by atoms with E-state index in [0.29, 0.717) is 30.6 Å². The predicted molar refractivity (Wildman–Crippen MR) is 110 cm³/mol. The van der Waals surface area contributed by atoms with E-state index in [0.717, 1.165) is 17.5 Å². The summed E-state index contributed by atoms with van der Waals surface area (Å²) in [6.07, 6.45) is 3.38. The predicted octanol–water partition coefficient (Wildman–Crippen LogP) is 3.13. The van der Waals surface area contributed by atoms with Crippen molar-refractivity contribution in [2.24, 2.45) is 0 Å². The van der Waals surface area contributed by atoms with Crippen LogP contribution in [0.2, 0.25) is 12.1 Å². The molecule has 6 heteroatoms. The summed E-state index contributed by atoms with van der Waals surface area (Å²) < 4.78 is 0. The molecule has 0 radical (unpaired) electrons. The maximum absolute atomic E-state index is 12.3. The summed E-state index contributed by atoms with van der Waals surface area (Å²) in [5.74, 6) is -0.0945. The van der Waals surface area contributed by atoms with Gasteiger partial charge in [0.25, 0.3) is 5.91 Å². The van der Waals surface area contributed by atoms with Crippen LogP contribution in [-0.4, -0.2) is 35.6 Å². The van der Waals surface area contributed by atoms with Crippen LogP contribution in [0.5, 0.6) is 0 Å². The molecule has 5 nitrogen and oxygen atoms in total.